The van der Waals surface area contributed by atoms with Gasteiger partial charge < -0.3 is 16.6 Å². The highest BCUT2D eigenvalue weighted by Crippen LogP contribution is 2.29. The van der Waals surface area contributed by atoms with Gasteiger partial charge in [0.25, 0.3) is 6.43 Å². The molecule has 0 aliphatic carbocycles. The fourth-order valence-electron chi connectivity index (χ4n) is 0.722. The van der Waals surface area contributed by atoms with E-state index in [4.69, 9.17) is 16.6 Å². The second kappa shape index (κ2) is 2.80. The molecule has 0 aliphatic rings. The van der Waals surface area contributed by atoms with Gasteiger partial charge in [-0.05, 0) is 6.07 Å². The van der Waals surface area contributed by atoms with Gasteiger partial charge in [0.1, 0.15) is 5.82 Å². The van der Waals surface area contributed by atoms with Gasteiger partial charge in [-0.2, -0.15) is 0 Å². The van der Waals surface area contributed by atoms with Crippen LogP contribution in [0.5, 0.6) is 5.75 Å². The third kappa shape index (κ3) is 1.36. The molecule has 0 atom stereocenters. The fraction of sp³-hybridized carbons (Fsp3) is 0.167. The van der Waals surface area contributed by atoms with Crippen LogP contribution in [0.15, 0.2) is 6.07 Å². The summed E-state index contributed by atoms with van der Waals surface area (Å²) in [5.74, 6) is -1.10. The molecule has 5 N–H and O–H groups in total. The van der Waals surface area contributed by atoms with Crippen LogP contribution in [0.3, 0.4) is 0 Å². The average molecular weight is 175 g/mol. The zero-order chi connectivity index (χ0) is 9.30. The minimum atomic E-state index is -2.76. The normalized spacial score (nSPS) is 10.6. The lowest BCUT2D eigenvalue weighted by Gasteiger charge is -2.05. The predicted octanol–water partition coefficient (Wildman–Crippen LogP) is 0.889. The van der Waals surface area contributed by atoms with E-state index in [0.29, 0.717) is 0 Å². The molecule has 0 radical (unpaired) electrons. The molecule has 12 heavy (non-hydrogen) atoms. The van der Waals surface area contributed by atoms with E-state index in [-0.39, 0.29) is 11.6 Å². The van der Waals surface area contributed by atoms with Crippen molar-refractivity contribution in [3.8, 4) is 5.75 Å². The molecule has 0 amide bonds. The van der Waals surface area contributed by atoms with E-state index >= 15 is 0 Å². The number of hydrogen-bond acceptors (Lipinski definition) is 4. The number of rotatable bonds is 1. The minimum absolute atomic E-state index is 0.253. The summed E-state index contributed by atoms with van der Waals surface area (Å²) in [5, 5.41) is 8.90. The maximum atomic E-state index is 12.1. The Bertz CT molecular complexity index is 303. The zero-order valence-electron chi connectivity index (χ0n) is 5.96. The Hall–Kier alpha value is -1.59. The van der Waals surface area contributed by atoms with E-state index < -0.39 is 17.7 Å². The van der Waals surface area contributed by atoms with Crippen LogP contribution in [-0.2, 0) is 0 Å². The summed E-state index contributed by atoms with van der Waals surface area (Å²) in [7, 11) is 0. The third-order valence-electron chi connectivity index (χ3n) is 1.33. The van der Waals surface area contributed by atoms with Gasteiger partial charge in [0, 0.05) is 0 Å². The zero-order valence-corrected chi connectivity index (χ0v) is 5.96. The smallest absolute Gasteiger partial charge is 0.267 e. The first-order chi connectivity index (χ1) is 5.52. The highest BCUT2D eigenvalue weighted by molar-refractivity contribution is 5.55. The number of anilines is 2. The van der Waals surface area contributed by atoms with E-state index in [1.54, 1.807) is 0 Å². The maximum absolute atomic E-state index is 12.1. The van der Waals surface area contributed by atoms with Crippen molar-refractivity contribution in [2.45, 2.75) is 6.43 Å². The monoisotopic (exact) mass is 175 g/mol. The van der Waals surface area contributed by atoms with Gasteiger partial charge >= 0.3 is 0 Å². The number of alkyl halides is 2. The molecule has 0 aliphatic heterocycles. The summed E-state index contributed by atoms with van der Waals surface area (Å²) < 4.78 is 24.1. The third-order valence-corrected chi connectivity index (χ3v) is 1.33. The molecule has 0 unspecified atom stereocenters. The van der Waals surface area contributed by atoms with E-state index in [0.717, 1.165) is 6.07 Å². The Morgan fingerprint density at radius 2 is 1.92 bits per heavy atom. The summed E-state index contributed by atoms with van der Waals surface area (Å²) in [6.07, 6.45) is -2.76. The van der Waals surface area contributed by atoms with Gasteiger partial charge in [-0.1, -0.05) is 0 Å². The molecule has 0 aromatic carbocycles. The Morgan fingerprint density at radius 3 is 2.42 bits per heavy atom. The Morgan fingerprint density at radius 1 is 1.33 bits per heavy atom. The summed E-state index contributed by atoms with van der Waals surface area (Å²) in [5.41, 5.74) is 9.70. The molecule has 6 heteroatoms. The van der Waals surface area contributed by atoms with E-state index in [1.807, 2.05) is 0 Å². The first-order valence-electron chi connectivity index (χ1n) is 3.05. The molecular weight excluding hydrogens is 168 g/mol. The van der Waals surface area contributed by atoms with Crippen molar-refractivity contribution < 1.29 is 13.9 Å². The van der Waals surface area contributed by atoms with E-state index in [1.165, 1.54) is 0 Å². The van der Waals surface area contributed by atoms with Crippen molar-refractivity contribution >= 4 is 11.6 Å². The second-order valence-electron chi connectivity index (χ2n) is 2.17. The average Bonchev–Trinajstić information content (AvgIpc) is 1.96. The van der Waals surface area contributed by atoms with Crippen LogP contribution in [0.1, 0.15) is 12.0 Å². The van der Waals surface area contributed by atoms with Gasteiger partial charge in [0.05, 0.1) is 5.56 Å². The molecule has 1 aromatic heterocycles. The summed E-state index contributed by atoms with van der Waals surface area (Å²) in [6.45, 7) is 0. The van der Waals surface area contributed by atoms with Crippen LogP contribution in [0.2, 0.25) is 0 Å². The largest absolute Gasteiger partial charge is 0.504 e. The molecule has 4 nitrogen and oxygen atoms in total. The van der Waals surface area contributed by atoms with E-state index in [2.05, 4.69) is 4.98 Å². The SMILES string of the molecule is Nc1nc(N)c(C(F)F)cc1O. The number of aromatic nitrogens is 1. The van der Waals surface area contributed by atoms with Crippen molar-refractivity contribution in [1.29, 1.82) is 0 Å². The Balaban J connectivity index is 3.23. The molecule has 1 rings (SSSR count). The minimum Gasteiger partial charge on any atom is -0.504 e. The molecule has 66 valence electrons. The van der Waals surface area contributed by atoms with Crippen LogP contribution in [0.4, 0.5) is 20.4 Å². The first kappa shape index (κ1) is 8.51. The lowest BCUT2D eigenvalue weighted by atomic mass is 10.2. The van der Waals surface area contributed by atoms with Crippen molar-refractivity contribution in [2.75, 3.05) is 11.5 Å². The van der Waals surface area contributed by atoms with Crippen molar-refractivity contribution in [3.63, 3.8) is 0 Å². The molecule has 0 spiro atoms. The number of nitrogens with zero attached hydrogens (tertiary/aromatic N) is 1. The number of hydrogen-bond donors (Lipinski definition) is 3. The van der Waals surface area contributed by atoms with E-state index in [9.17, 15) is 8.78 Å². The standard InChI is InChI=1S/C6H7F2N3O/c7-4(8)2-1-3(12)6(10)11-5(2)9/h1,4,12H,(H4,9,10,11). The first-order valence-corrected chi connectivity index (χ1v) is 3.05. The summed E-state index contributed by atoms with van der Waals surface area (Å²) in [6, 6.07) is 0.808. The van der Waals surface area contributed by atoms with Crippen LogP contribution in [-0.4, -0.2) is 10.1 Å². The number of halogens is 2. The fourth-order valence-corrected chi connectivity index (χ4v) is 0.722. The Kier molecular flexibility index (Phi) is 1.99. The number of nitrogen functional groups attached to an aromatic ring is 2. The van der Waals surface area contributed by atoms with Crippen LogP contribution in [0.25, 0.3) is 0 Å². The highest BCUT2D eigenvalue weighted by Gasteiger charge is 2.14. The van der Waals surface area contributed by atoms with Gasteiger partial charge in [0.15, 0.2) is 11.6 Å². The summed E-state index contributed by atoms with van der Waals surface area (Å²) >= 11 is 0. The predicted molar refractivity (Wildman–Crippen MR) is 39.7 cm³/mol. The Labute approximate surface area is 66.8 Å². The molecule has 1 heterocycles. The second-order valence-corrected chi connectivity index (χ2v) is 2.17. The topological polar surface area (TPSA) is 85.2 Å². The molecule has 1 aromatic rings. The van der Waals surface area contributed by atoms with Gasteiger partial charge in [0.2, 0.25) is 0 Å². The lowest BCUT2D eigenvalue weighted by Crippen LogP contribution is -2.01. The number of nitrogens with two attached hydrogens (primary N) is 2. The van der Waals surface area contributed by atoms with Crippen molar-refractivity contribution in [1.82, 2.24) is 4.98 Å². The lowest BCUT2D eigenvalue weighted by molar-refractivity contribution is 0.151. The molecule has 0 fully saturated rings. The van der Waals surface area contributed by atoms with Crippen LogP contribution >= 0.6 is 0 Å². The molecule has 0 saturated carbocycles. The van der Waals surface area contributed by atoms with Gasteiger partial charge in [-0.3, -0.25) is 0 Å². The quantitative estimate of drug-likeness (QED) is 0.591. The maximum Gasteiger partial charge on any atom is 0.267 e. The molecular formula is C6H7F2N3O. The van der Waals surface area contributed by atoms with Gasteiger partial charge in [-0.15, -0.1) is 0 Å². The number of aromatic hydroxyl groups is 1. The molecule has 0 bridgehead atoms. The van der Waals surface area contributed by atoms with Crippen molar-refractivity contribution in [3.05, 3.63) is 11.6 Å². The van der Waals surface area contributed by atoms with Crippen molar-refractivity contribution in [2.24, 2.45) is 0 Å². The van der Waals surface area contributed by atoms with Gasteiger partial charge in [-0.25, -0.2) is 13.8 Å². The van der Waals surface area contributed by atoms with Crippen LogP contribution < -0.4 is 11.5 Å². The highest BCUT2D eigenvalue weighted by atomic mass is 19.3. The molecule has 0 saturated heterocycles. The summed E-state index contributed by atoms with van der Waals surface area (Å²) in [4.78, 5) is 3.32. The number of pyridine rings is 1. The van der Waals surface area contributed by atoms with Crippen LogP contribution in [0, 0.1) is 0 Å².